The number of hydrogen-bond donors (Lipinski definition) is 3. The first-order chi connectivity index (χ1) is 9.55. The maximum Gasteiger partial charge on any atom is 0.143 e. The van der Waals surface area contributed by atoms with Gasteiger partial charge in [-0.25, -0.2) is 0 Å². The third-order valence-electron chi connectivity index (χ3n) is 4.27. The van der Waals surface area contributed by atoms with Crippen LogP contribution in [0.25, 0.3) is 0 Å². The molecular weight excluding hydrogens is 252 g/mol. The maximum absolute atomic E-state index is 10.6. The van der Waals surface area contributed by atoms with Crippen molar-refractivity contribution in [2.24, 2.45) is 5.92 Å². The van der Waals surface area contributed by atoms with Crippen LogP contribution in [0.2, 0.25) is 0 Å². The highest BCUT2D eigenvalue weighted by molar-refractivity contribution is 5.60. The van der Waals surface area contributed by atoms with Crippen molar-refractivity contribution in [2.75, 3.05) is 25.0 Å². The molecule has 20 heavy (non-hydrogen) atoms. The summed E-state index contributed by atoms with van der Waals surface area (Å²) in [5, 5.41) is 17.3. The van der Waals surface area contributed by atoms with Crippen molar-refractivity contribution in [3.05, 3.63) is 23.8 Å². The topological polar surface area (TPSA) is 53.5 Å². The number of piperidine rings is 1. The summed E-state index contributed by atoms with van der Waals surface area (Å²) >= 11 is 0. The lowest BCUT2D eigenvalue weighted by atomic mass is 9.88. The summed E-state index contributed by atoms with van der Waals surface area (Å²) in [7, 11) is 0. The number of nitrogens with one attached hydrogen (secondary N) is 2. The van der Waals surface area contributed by atoms with E-state index in [-0.39, 0.29) is 11.7 Å². The second-order valence-electron chi connectivity index (χ2n) is 6.50. The van der Waals surface area contributed by atoms with E-state index in [1.165, 1.54) is 0 Å². The molecule has 1 aromatic rings. The van der Waals surface area contributed by atoms with E-state index in [0.29, 0.717) is 5.92 Å². The smallest absolute Gasteiger partial charge is 0.143 e. The lowest BCUT2D eigenvalue weighted by molar-refractivity contribution is 0.0883. The molecule has 3 N–H and O–H groups in total. The van der Waals surface area contributed by atoms with E-state index < -0.39 is 0 Å². The van der Waals surface area contributed by atoms with Crippen LogP contribution in [0.3, 0.4) is 0 Å². The van der Waals surface area contributed by atoms with Crippen LogP contribution in [0.15, 0.2) is 18.2 Å². The van der Waals surface area contributed by atoms with Crippen LogP contribution < -0.4 is 15.4 Å². The third kappa shape index (κ3) is 2.76. The first-order valence-corrected chi connectivity index (χ1v) is 7.51. The standard InChI is InChI=1S/C16H24N2O2/c1-16(2)10-18-13-9-12(3-4-14(13)20-16)15(19)11-5-7-17-8-6-11/h3-4,9,11,15,17-19H,5-8,10H2,1-2H3. The van der Waals surface area contributed by atoms with E-state index in [2.05, 4.69) is 24.5 Å². The van der Waals surface area contributed by atoms with E-state index in [9.17, 15) is 5.11 Å². The van der Waals surface area contributed by atoms with E-state index in [1.54, 1.807) is 0 Å². The van der Waals surface area contributed by atoms with Gasteiger partial charge in [-0.15, -0.1) is 0 Å². The molecule has 2 heterocycles. The molecule has 0 aliphatic carbocycles. The average molecular weight is 276 g/mol. The van der Waals surface area contributed by atoms with Gasteiger partial charge < -0.3 is 20.5 Å². The molecule has 0 saturated carbocycles. The highest BCUT2D eigenvalue weighted by Gasteiger charge is 2.28. The van der Waals surface area contributed by atoms with Crippen LogP contribution in [0.1, 0.15) is 38.4 Å². The minimum Gasteiger partial charge on any atom is -0.484 e. The van der Waals surface area contributed by atoms with Gasteiger partial charge in [0.05, 0.1) is 18.3 Å². The summed E-state index contributed by atoms with van der Waals surface area (Å²) in [5.74, 6) is 1.23. The monoisotopic (exact) mass is 276 g/mol. The number of benzene rings is 1. The SMILES string of the molecule is CC1(C)CNc2cc(C(O)C3CCNCC3)ccc2O1. The highest BCUT2D eigenvalue weighted by Crippen LogP contribution is 2.37. The Labute approximate surface area is 120 Å². The zero-order valence-electron chi connectivity index (χ0n) is 12.3. The third-order valence-corrected chi connectivity index (χ3v) is 4.27. The molecule has 1 fully saturated rings. The lowest BCUT2D eigenvalue weighted by Crippen LogP contribution is -2.40. The number of anilines is 1. The van der Waals surface area contributed by atoms with Gasteiger partial charge in [0.25, 0.3) is 0 Å². The Morgan fingerprint density at radius 1 is 1.30 bits per heavy atom. The fourth-order valence-electron chi connectivity index (χ4n) is 3.03. The summed E-state index contributed by atoms with van der Waals surface area (Å²) in [4.78, 5) is 0. The Kier molecular flexibility index (Phi) is 3.61. The Bertz CT molecular complexity index is 481. The minimum absolute atomic E-state index is 0.178. The summed E-state index contributed by atoms with van der Waals surface area (Å²) in [5.41, 5.74) is 1.81. The van der Waals surface area contributed by atoms with E-state index in [1.807, 2.05) is 18.2 Å². The van der Waals surface area contributed by atoms with Crippen molar-refractivity contribution in [3.63, 3.8) is 0 Å². The van der Waals surface area contributed by atoms with Crippen molar-refractivity contribution in [1.82, 2.24) is 5.32 Å². The molecule has 4 heteroatoms. The van der Waals surface area contributed by atoms with Crippen molar-refractivity contribution in [2.45, 2.75) is 38.4 Å². The Hall–Kier alpha value is -1.26. The predicted molar refractivity (Wildman–Crippen MR) is 80.2 cm³/mol. The molecule has 1 saturated heterocycles. The first kappa shape index (κ1) is 13.7. The fourth-order valence-corrected chi connectivity index (χ4v) is 3.03. The largest absolute Gasteiger partial charge is 0.484 e. The van der Waals surface area contributed by atoms with Gasteiger partial charge in [-0.3, -0.25) is 0 Å². The lowest BCUT2D eigenvalue weighted by Gasteiger charge is -2.34. The molecule has 0 aromatic heterocycles. The highest BCUT2D eigenvalue weighted by atomic mass is 16.5. The average Bonchev–Trinajstić information content (AvgIpc) is 2.46. The van der Waals surface area contributed by atoms with Gasteiger partial charge in [0, 0.05) is 0 Å². The van der Waals surface area contributed by atoms with Crippen LogP contribution in [0.5, 0.6) is 5.75 Å². The molecule has 0 amide bonds. The van der Waals surface area contributed by atoms with Crippen LogP contribution in [-0.2, 0) is 0 Å². The van der Waals surface area contributed by atoms with Gasteiger partial charge in [-0.2, -0.15) is 0 Å². The molecule has 3 rings (SSSR count). The summed E-state index contributed by atoms with van der Waals surface area (Å²) < 4.78 is 5.95. The van der Waals surface area contributed by atoms with Crippen LogP contribution in [-0.4, -0.2) is 30.3 Å². The number of fused-ring (bicyclic) bond motifs is 1. The normalized spacial score (nSPS) is 23.4. The second-order valence-corrected chi connectivity index (χ2v) is 6.50. The molecule has 1 unspecified atom stereocenters. The van der Waals surface area contributed by atoms with Gasteiger partial charge in [-0.05, 0) is 63.4 Å². The van der Waals surface area contributed by atoms with Gasteiger partial charge in [0.2, 0.25) is 0 Å². The van der Waals surface area contributed by atoms with Gasteiger partial charge in [0.1, 0.15) is 11.4 Å². The first-order valence-electron chi connectivity index (χ1n) is 7.51. The van der Waals surface area contributed by atoms with Gasteiger partial charge in [0.15, 0.2) is 0 Å². The van der Waals surface area contributed by atoms with Gasteiger partial charge in [-0.1, -0.05) is 6.07 Å². The van der Waals surface area contributed by atoms with E-state index in [0.717, 1.165) is 49.5 Å². The Morgan fingerprint density at radius 2 is 2.05 bits per heavy atom. The summed E-state index contributed by atoms with van der Waals surface area (Å²) in [6.45, 7) is 6.93. The van der Waals surface area contributed by atoms with E-state index >= 15 is 0 Å². The molecule has 2 aliphatic rings. The van der Waals surface area contributed by atoms with Crippen molar-refractivity contribution >= 4 is 5.69 Å². The molecule has 110 valence electrons. The number of aliphatic hydroxyl groups is 1. The number of aliphatic hydroxyl groups excluding tert-OH is 1. The van der Waals surface area contributed by atoms with E-state index in [4.69, 9.17) is 4.74 Å². The molecule has 2 aliphatic heterocycles. The van der Waals surface area contributed by atoms with Crippen molar-refractivity contribution in [1.29, 1.82) is 0 Å². The maximum atomic E-state index is 10.6. The molecule has 0 bridgehead atoms. The van der Waals surface area contributed by atoms with Crippen molar-refractivity contribution < 1.29 is 9.84 Å². The molecule has 4 nitrogen and oxygen atoms in total. The Morgan fingerprint density at radius 3 is 2.80 bits per heavy atom. The van der Waals surface area contributed by atoms with Crippen LogP contribution in [0.4, 0.5) is 5.69 Å². The summed E-state index contributed by atoms with van der Waals surface area (Å²) in [6, 6.07) is 6.01. The minimum atomic E-state index is -0.376. The Balaban J connectivity index is 1.78. The van der Waals surface area contributed by atoms with Crippen LogP contribution >= 0.6 is 0 Å². The fraction of sp³-hybridized carbons (Fsp3) is 0.625. The van der Waals surface area contributed by atoms with Crippen LogP contribution in [0, 0.1) is 5.92 Å². The number of rotatable bonds is 2. The molecule has 1 aromatic carbocycles. The van der Waals surface area contributed by atoms with Gasteiger partial charge >= 0.3 is 0 Å². The number of ether oxygens (including phenoxy) is 1. The quantitative estimate of drug-likeness (QED) is 0.776. The number of hydrogen-bond acceptors (Lipinski definition) is 4. The molecule has 0 radical (unpaired) electrons. The second kappa shape index (κ2) is 5.26. The zero-order chi connectivity index (χ0) is 14.2. The molecular formula is C16H24N2O2. The summed E-state index contributed by atoms with van der Waals surface area (Å²) in [6.07, 6.45) is 1.70. The van der Waals surface area contributed by atoms with Crippen molar-refractivity contribution in [3.8, 4) is 5.75 Å². The molecule has 1 atom stereocenters. The zero-order valence-corrected chi connectivity index (χ0v) is 12.3. The molecule has 0 spiro atoms. The predicted octanol–water partition coefficient (Wildman–Crippen LogP) is 2.30.